The number of hydrogen-bond donors (Lipinski definition) is 4. The van der Waals surface area contributed by atoms with Gasteiger partial charge in [0.25, 0.3) is 0 Å². The van der Waals surface area contributed by atoms with Crippen molar-refractivity contribution in [1.29, 1.82) is 0 Å². The summed E-state index contributed by atoms with van der Waals surface area (Å²) < 4.78 is 0. The van der Waals surface area contributed by atoms with Crippen molar-refractivity contribution < 1.29 is 9.90 Å². The molecule has 5 nitrogen and oxygen atoms in total. The number of para-hydroxylation sites is 1. The summed E-state index contributed by atoms with van der Waals surface area (Å²) in [5.41, 5.74) is 3.26. The van der Waals surface area contributed by atoms with Crippen molar-refractivity contribution >= 4 is 34.1 Å². The van der Waals surface area contributed by atoms with E-state index in [1.165, 1.54) is 0 Å². The molecule has 114 valence electrons. The normalized spacial score (nSPS) is 27.6. The molecule has 4 N–H and O–H groups in total. The van der Waals surface area contributed by atoms with Crippen molar-refractivity contribution in [3.05, 3.63) is 35.5 Å². The number of carboxylic acids is 1. The van der Waals surface area contributed by atoms with Gasteiger partial charge in [-0.1, -0.05) is 30.4 Å². The summed E-state index contributed by atoms with van der Waals surface area (Å²) in [6, 6.07) is 7.43. The highest BCUT2D eigenvalue weighted by Gasteiger charge is 2.39. The number of thiocarbonyl (C=S) groups is 1. The van der Waals surface area contributed by atoms with Crippen LogP contribution in [0.25, 0.3) is 10.9 Å². The lowest BCUT2D eigenvalue weighted by molar-refractivity contribution is -0.140. The van der Waals surface area contributed by atoms with Crippen LogP contribution in [0.2, 0.25) is 0 Å². The van der Waals surface area contributed by atoms with Gasteiger partial charge in [0.15, 0.2) is 0 Å². The molecule has 1 aromatic carbocycles. The van der Waals surface area contributed by atoms with Crippen LogP contribution in [0.4, 0.5) is 0 Å². The highest BCUT2D eigenvalue weighted by Crippen LogP contribution is 2.37. The van der Waals surface area contributed by atoms with Crippen molar-refractivity contribution in [2.24, 2.45) is 5.92 Å². The fourth-order valence-corrected chi connectivity index (χ4v) is 4.03. The van der Waals surface area contributed by atoms with Gasteiger partial charge in [0.05, 0.1) is 11.0 Å². The molecule has 3 unspecified atom stereocenters. The van der Waals surface area contributed by atoms with Gasteiger partial charge < -0.3 is 15.4 Å². The van der Waals surface area contributed by atoms with Crippen LogP contribution < -0.4 is 10.6 Å². The number of aromatic nitrogens is 1. The molecule has 1 fully saturated rings. The minimum atomic E-state index is -0.808. The second-order valence-corrected chi connectivity index (χ2v) is 6.43. The maximum Gasteiger partial charge on any atom is 0.321 e. The minimum Gasteiger partial charge on any atom is -0.480 e. The molecular formula is C16H17N3O2S. The van der Waals surface area contributed by atoms with E-state index in [9.17, 15) is 9.90 Å². The summed E-state index contributed by atoms with van der Waals surface area (Å²) in [4.78, 5) is 15.9. The fraction of sp³-hybridized carbons (Fsp3) is 0.375. The standard InChI is InChI=1S/C16H17N3O2S/c20-16(21)12-7-10-8-3-1-2-4-11(8)18-14(10)13(19-12)9-5-6-17-15(9)22/h1-4,9,12-13,18-19H,5-7H2,(H,17,22)(H,20,21). The Balaban J connectivity index is 1.85. The second kappa shape index (κ2) is 5.07. The van der Waals surface area contributed by atoms with Gasteiger partial charge in [-0.3, -0.25) is 10.1 Å². The Kier molecular flexibility index (Phi) is 3.16. The Morgan fingerprint density at radius 3 is 2.86 bits per heavy atom. The van der Waals surface area contributed by atoms with Crippen molar-refractivity contribution in [3.8, 4) is 0 Å². The number of hydrogen-bond acceptors (Lipinski definition) is 3. The molecule has 1 aromatic heterocycles. The van der Waals surface area contributed by atoms with Gasteiger partial charge in [-0.25, -0.2) is 0 Å². The third kappa shape index (κ3) is 2.02. The first-order valence-corrected chi connectivity index (χ1v) is 7.92. The molecule has 0 radical (unpaired) electrons. The van der Waals surface area contributed by atoms with Gasteiger partial charge in [0, 0.05) is 35.5 Å². The third-order valence-electron chi connectivity index (χ3n) is 4.74. The highest BCUT2D eigenvalue weighted by molar-refractivity contribution is 7.80. The SMILES string of the molecule is O=C(O)C1Cc2c([nH]c3ccccc23)C(C2CCNC2=S)N1. The van der Waals surface area contributed by atoms with Crippen LogP contribution in [-0.2, 0) is 11.2 Å². The summed E-state index contributed by atoms with van der Waals surface area (Å²) in [7, 11) is 0. The first kappa shape index (κ1) is 13.7. The summed E-state index contributed by atoms with van der Waals surface area (Å²) in [6.07, 6.45) is 1.43. The monoisotopic (exact) mass is 315 g/mol. The number of aromatic amines is 1. The van der Waals surface area contributed by atoms with Gasteiger partial charge in [0.1, 0.15) is 6.04 Å². The lowest BCUT2D eigenvalue weighted by atomic mass is 9.86. The summed E-state index contributed by atoms with van der Waals surface area (Å²) in [6.45, 7) is 0.856. The first-order valence-electron chi connectivity index (χ1n) is 7.51. The first-order chi connectivity index (χ1) is 10.6. The van der Waals surface area contributed by atoms with Gasteiger partial charge in [-0.05, 0) is 18.1 Å². The van der Waals surface area contributed by atoms with E-state index in [4.69, 9.17) is 12.2 Å². The van der Waals surface area contributed by atoms with Crippen LogP contribution in [0.5, 0.6) is 0 Å². The van der Waals surface area contributed by atoms with E-state index in [1.807, 2.05) is 18.2 Å². The quantitative estimate of drug-likeness (QED) is 0.635. The largest absolute Gasteiger partial charge is 0.480 e. The molecule has 2 aliphatic rings. The molecule has 3 atom stereocenters. The topological polar surface area (TPSA) is 77.1 Å². The maximum atomic E-state index is 11.5. The molecule has 0 aliphatic carbocycles. The van der Waals surface area contributed by atoms with E-state index in [2.05, 4.69) is 21.7 Å². The van der Waals surface area contributed by atoms with Gasteiger partial charge in [0.2, 0.25) is 0 Å². The molecular weight excluding hydrogens is 298 g/mol. The Morgan fingerprint density at radius 2 is 2.14 bits per heavy atom. The molecule has 4 rings (SSSR count). The molecule has 2 aromatic rings. The zero-order chi connectivity index (χ0) is 15.3. The van der Waals surface area contributed by atoms with Gasteiger partial charge >= 0.3 is 5.97 Å². The predicted molar refractivity (Wildman–Crippen MR) is 88.0 cm³/mol. The zero-order valence-electron chi connectivity index (χ0n) is 11.9. The number of carboxylic acid groups (broad SMARTS) is 1. The summed E-state index contributed by atoms with van der Waals surface area (Å²) in [5.74, 6) is -0.665. The summed E-state index contributed by atoms with van der Waals surface area (Å²) in [5, 5.41) is 17.1. The van der Waals surface area contributed by atoms with E-state index >= 15 is 0 Å². The number of carbonyl (C=O) groups is 1. The molecule has 0 saturated carbocycles. The Hall–Kier alpha value is -1.92. The zero-order valence-corrected chi connectivity index (χ0v) is 12.7. The number of H-pyrrole nitrogens is 1. The Labute approximate surface area is 133 Å². The van der Waals surface area contributed by atoms with Crippen LogP contribution in [-0.4, -0.2) is 33.6 Å². The minimum absolute atomic E-state index is 0.0697. The van der Waals surface area contributed by atoms with Gasteiger partial charge in [-0.2, -0.15) is 0 Å². The average molecular weight is 315 g/mol. The lowest BCUT2D eigenvalue weighted by Gasteiger charge is -2.32. The van der Waals surface area contributed by atoms with E-state index in [1.54, 1.807) is 0 Å². The van der Waals surface area contributed by atoms with Crippen LogP contribution >= 0.6 is 12.2 Å². The highest BCUT2D eigenvalue weighted by atomic mass is 32.1. The van der Waals surface area contributed by atoms with Crippen molar-refractivity contribution in [1.82, 2.24) is 15.6 Å². The molecule has 2 aliphatic heterocycles. The van der Waals surface area contributed by atoms with E-state index in [-0.39, 0.29) is 12.0 Å². The van der Waals surface area contributed by atoms with E-state index in [0.29, 0.717) is 6.42 Å². The molecule has 1 saturated heterocycles. The van der Waals surface area contributed by atoms with E-state index < -0.39 is 12.0 Å². The molecule has 6 heteroatoms. The fourth-order valence-electron chi connectivity index (χ4n) is 3.68. The smallest absolute Gasteiger partial charge is 0.321 e. The van der Waals surface area contributed by atoms with Crippen LogP contribution in [0.3, 0.4) is 0 Å². The number of rotatable bonds is 2. The number of fused-ring (bicyclic) bond motifs is 3. The number of aliphatic carboxylic acids is 1. The van der Waals surface area contributed by atoms with Crippen LogP contribution in [0.1, 0.15) is 23.7 Å². The average Bonchev–Trinajstić information content (AvgIpc) is 3.09. The van der Waals surface area contributed by atoms with Crippen molar-refractivity contribution in [2.75, 3.05) is 6.54 Å². The second-order valence-electron chi connectivity index (χ2n) is 5.99. The third-order valence-corrected chi connectivity index (χ3v) is 5.19. The van der Waals surface area contributed by atoms with E-state index in [0.717, 1.165) is 40.1 Å². The molecule has 0 bridgehead atoms. The van der Waals surface area contributed by atoms with Gasteiger partial charge in [-0.15, -0.1) is 0 Å². The van der Waals surface area contributed by atoms with Crippen LogP contribution in [0, 0.1) is 5.92 Å². The number of benzene rings is 1. The molecule has 0 spiro atoms. The van der Waals surface area contributed by atoms with Crippen molar-refractivity contribution in [3.63, 3.8) is 0 Å². The predicted octanol–water partition coefficient (Wildman–Crippen LogP) is 1.74. The molecule has 0 amide bonds. The van der Waals surface area contributed by atoms with Crippen LogP contribution in [0.15, 0.2) is 24.3 Å². The molecule has 3 heterocycles. The maximum absolute atomic E-state index is 11.5. The molecule has 22 heavy (non-hydrogen) atoms. The Morgan fingerprint density at radius 1 is 1.32 bits per heavy atom. The summed E-state index contributed by atoms with van der Waals surface area (Å²) >= 11 is 5.42. The van der Waals surface area contributed by atoms with Crippen molar-refractivity contribution in [2.45, 2.75) is 24.9 Å². The number of nitrogens with one attached hydrogen (secondary N) is 3. The lowest BCUT2D eigenvalue weighted by Crippen LogP contribution is -2.47. The Bertz CT molecular complexity index is 770.